The first-order valence-corrected chi connectivity index (χ1v) is 3.90. The fourth-order valence-electron chi connectivity index (χ4n) is 1.27. The van der Waals surface area contributed by atoms with Gasteiger partial charge in [-0.1, -0.05) is 0 Å². The molecule has 62 valence electrons. The summed E-state index contributed by atoms with van der Waals surface area (Å²) in [5.41, 5.74) is -1.12. The molecule has 1 heterocycles. The molecule has 0 bridgehead atoms. The van der Waals surface area contributed by atoms with E-state index in [9.17, 15) is 4.39 Å². The Bertz CT molecular complexity index is 158. The molecule has 0 aromatic heterocycles. The maximum atomic E-state index is 13.5. The maximum Gasteiger partial charge on any atom is 0.116 e. The fraction of sp³-hybridized carbons (Fsp3) is 0.875. The minimum atomic E-state index is -1.12. The molecule has 1 rings (SSSR count). The molecule has 0 aromatic carbocycles. The SMILES string of the molecule is N#CCCC1(F)CCOCC1. The van der Waals surface area contributed by atoms with E-state index in [2.05, 4.69) is 0 Å². The third-order valence-electron chi connectivity index (χ3n) is 2.07. The van der Waals surface area contributed by atoms with Crippen LogP contribution in [-0.2, 0) is 4.74 Å². The molecule has 0 aromatic rings. The Labute approximate surface area is 66.0 Å². The molecule has 1 aliphatic heterocycles. The molecule has 0 amide bonds. The van der Waals surface area contributed by atoms with Gasteiger partial charge in [-0.05, 0) is 6.42 Å². The lowest BCUT2D eigenvalue weighted by Gasteiger charge is -2.28. The zero-order chi connectivity index (χ0) is 8.16. The van der Waals surface area contributed by atoms with Gasteiger partial charge in [-0.15, -0.1) is 0 Å². The standard InChI is InChI=1S/C8H12FNO/c9-8(2-1-5-10)3-6-11-7-4-8/h1-4,6-7H2. The number of nitrogens with zero attached hydrogens (tertiary/aromatic N) is 1. The minimum Gasteiger partial charge on any atom is -0.381 e. The van der Waals surface area contributed by atoms with Crippen molar-refractivity contribution in [2.45, 2.75) is 31.4 Å². The summed E-state index contributed by atoms with van der Waals surface area (Å²) in [4.78, 5) is 0. The Balaban J connectivity index is 2.32. The van der Waals surface area contributed by atoms with Gasteiger partial charge in [-0.25, -0.2) is 4.39 Å². The van der Waals surface area contributed by atoms with E-state index in [4.69, 9.17) is 10.00 Å². The fourth-order valence-corrected chi connectivity index (χ4v) is 1.27. The number of nitriles is 1. The normalized spacial score (nSPS) is 22.5. The molecule has 0 saturated carbocycles. The maximum absolute atomic E-state index is 13.5. The van der Waals surface area contributed by atoms with Crippen molar-refractivity contribution in [3.05, 3.63) is 0 Å². The van der Waals surface area contributed by atoms with Gasteiger partial charge in [0, 0.05) is 32.5 Å². The predicted octanol–water partition coefficient (Wildman–Crippen LogP) is 1.81. The van der Waals surface area contributed by atoms with Crippen molar-refractivity contribution in [2.24, 2.45) is 0 Å². The first kappa shape index (κ1) is 8.48. The third-order valence-corrected chi connectivity index (χ3v) is 2.07. The monoisotopic (exact) mass is 157 g/mol. The molecule has 0 unspecified atom stereocenters. The number of ether oxygens (including phenoxy) is 1. The molecule has 0 radical (unpaired) electrons. The van der Waals surface area contributed by atoms with Crippen LogP contribution in [0.25, 0.3) is 0 Å². The van der Waals surface area contributed by atoms with Gasteiger partial charge in [0.2, 0.25) is 0 Å². The van der Waals surface area contributed by atoms with E-state index in [-0.39, 0.29) is 0 Å². The summed E-state index contributed by atoms with van der Waals surface area (Å²) in [6, 6.07) is 1.96. The molecular formula is C8H12FNO. The first-order chi connectivity index (χ1) is 5.27. The van der Waals surface area contributed by atoms with Crippen LogP contribution in [0.15, 0.2) is 0 Å². The lowest BCUT2D eigenvalue weighted by atomic mass is 9.92. The average molecular weight is 157 g/mol. The van der Waals surface area contributed by atoms with E-state index >= 15 is 0 Å². The molecule has 0 spiro atoms. The molecule has 0 N–H and O–H groups in total. The van der Waals surface area contributed by atoms with Crippen LogP contribution in [0.3, 0.4) is 0 Å². The van der Waals surface area contributed by atoms with Crippen molar-refractivity contribution in [3.8, 4) is 6.07 Å². The largest absolute Gasteiger partial charge is 0.381 e. The van der Waals surface area contributed by atoms with Crippen LogP contribution in [-0.4, -0.2) is 18.9 Å². The van der Waals surface area contributed by atoms with E-state index in [0.29, 0.717) is 38.9 Å². The van der Waals surface area contributed by atoms with Gasteiger partial charge in [-0.2, -0.15) is 5.26 Å². The number of alkyl halides is 1. The van der Waals surface area contributed by atoms with Crippen molar-refractivity contribution in [2.75, 3.05) is 13.2 Å². The molecule has 3 heteroatoms. The molecule has 1 saturated heterocycles. The Kier molecular flexibility index (Phi) is 2.84. The van der Waals surface area contributed by atoms with Gasteiger partial charge >= 0.3 is 0 Å². The average Bonchev–Trinajstić information content (AvgIpc) is 2.03. The Morgan fingerprint density at radius 2 is 2.09 bits per heavy atom. The lowest BCUT2D eigenvalue weighted by molar-refractivity contribution is -0.0122. The second-order valence-corrected chi connectivity index (χ2v) is 2.92. The van der Waals surface area contributed by atoms with E-state index in [1.165, 1.54) is 0 Å². The number of hydrogen-bond donors (Lipinski definition) is 0. The number of rotatable bonds is 2. The smallest absolute Gasteiger partial charge is 0.116 e. The predicted molar refractivity (Wildman–Crippen MR) is 38.7 cm³/mol. The van der Waals surface area contributed by atoms with Crippen LogP contribution < -0.4 is 0 Å². The van der Waals surface area contributed by atoms with Crippen molar-refractivity contribution < 1.29 is 9.13 Å². The summed E-state index contributed by atoms with van der Waals surface area (Å²) in [6.07, 6.45) is 1.59. The highest BCUT2D eigenvalue weighted by Crippen LogP contribution is 2.29. The highest BCUT2D eigenvalue weighted by atomic mass is 19.1. The second-order valence-electron chi connectivity index (χ2n) is 2.92. The van der Waals surface area contributed by atoms with Crippen LogP contribution in [0.5, 0.6) is 0 Å². The van der Waals surface area contributed by atoms with Gasteiger partial charge < -0.3 is 4.74 Å². The van der Waals surface area contributed by atoms with Gasteiger partial charge in [-0.3, -0.25) is 0 Å². The second kappa shape index (κ2) is 3.68. The summed E-state index contributed by atoms with van der Waals surface area (Å²) >= 11 is 0. The molecule has 0 aliphatic carbocycles. The van der Waals surface area contributed by atoms with Gasteiger partial charge in [0.05, 0.1) is 6.07 Å². The van der Waals surface area contributed by atoms with Crippen LogP contribution in [0.1, 0.15) is 25.7 Å². The summed E-state index contributed by atoms with van der Waals surface area (Å²) in [6.45, 7) is 1.00. The first-order valence-electron chi connectivity index (χ1n) is 3.90. The van der Waals surface area contributed by atoms with Crippen molar-refractivity contribution >= 4 is 0 Å². The minimum absolute atomic E-state index is 0.316. The summed E-state index contributed by atoms with van der Waals surface area (Å²) in [5, 5.41) is 8.26. The molecule has 0 atom stereocenters. The molecular weight excluding hydrogens is 145 g/mol. The quantitative estimate of drug-likeness (QED) is 0.612. The Hall–Kier alpha value is -0.620. The van der Waals surface area contributed by atoms with Crippen LogP contribution >= 0.6 is 0 Å². The Morgan fingerprint density at radius 3 is 2.64 bits per heavy atom. The van der Waals surface area contributed by atoms with E-state index in [1.807, 2.05) is 6.07 Å². The van der Waals surface area contributed by atoms with E-state index in [0.717, 1.165) is 0 Å². The van der Waals surface area contributed by atoms with E-state index in [1.54, 1.807) is 0 Å². The molecule has 2 nitrogen and oxygen atoms in total. The number of halogens is 1. The van der Waals surface area contributed by atoms with Gasteiger partial charge in [0.25, 0.3) is 0 Å². The highest BCUT2D eigenvalue weighted by Gasteiger charge is 2.31. The van der Waals surface area contributed by atoms with E-state index < -0.39 is 5.67 Å². The van der Waals surface area contributed by atoms with Gasteiger partial charge in [0.1, 0.15) is 5.67 Å². The van der Waals surface area contributed by atoms with Crippen molar-refractivity contribution in [3.63, 3.8) is 0 Å². The number of hydrogen-bond acceptors (Lipinski definition) is 2. The van der Waals surface area contributed by atoms with Gasteiger partial charge in [0.15, 0.2) is 0 Å². The lowest BCUT2D eigenvalue weighted by Crippen LogP contribution is -2.31. The third kappa shape index (κ3) is 2.47. The molecule has 1 aliphatic rings. The zero-order valence-electron chi connectivity index (χ0n) is 6.48. The summed E-state index contributed by atoms with van der Waals surface area (Å²) < 4.78 is 18.6. The van der Waals surface area contributed by atoms with Crippen molar-refractivity contribution in [1.82, 2.24) is 0 Å². The zero-order valence-corrected chi connectivity index (χ0v) is 6.48. The molecule has 11 heavy (non-hydrogen) atoms. The highest BCUT2D eigenvalue weighted by molar-refractivity contribution is 4.85. The van der Waals surface area contributed by atoms with Crippen LogP contribution in [0.2, 0.25) is 0 Å². The summed E-state index contributed by atoms with van der Waals surface area (Å²) in [5.74, 6) is 0. The van der Waals surface area contributed by atoms with Crippen LogP contribution in [0.4, 0.5) is 4.39 Å². The van der Waals surface area contributed by atoms with Crippen molar-refractivity contribution in [1.29, 1.82) is 5.26 Å². The van der Waals surface area contributed by atoms with Crippen LogP contribution in [0, 0.1) is 11.3 Å². The Morgan fingerprint density at radius 1 is 1.45 bits per heavy atom. The molecule has 1 fully saturated rings. The summed E-state index contributed by atoms with van der Waals surface area (Å²) in [7, 11) is 0. The topological polar surface area (TPSA) is 33.0 Å².